The number of rotatable bonds is 5. The summed E-state index contributed by atoms with van der Waals surface area (Å²) >= 11 is 2.91. The summed E-state index contributed by atoms with van der Waals surface area (Å²) in [6.07, 6.45) is 1.94. The zero-order valence-electron chi connectivity index (χ0n) is 10.3. The number of thioether (sulfide) groups is 1. The van der Waals surface area contributed by atoms with E-state index in [0.717, 1.165) is 9.77 Å². The van der Waals surface area contributed by atoms with Gasteiger partial charge in [-0.3, -0.25) is 4.72 Å². The number of hydrogen-bond donors (Lipinski definition) is 2. The molecule has 0 amide bonds. The van der Waals surface area contributed by atoms with Crippen LogP contribution in [0.2, 0.25) is 0 Å². The summed E-state index contributed by atoms with van der Waals surface area (Å²) in [5, 5.41) is 1.60. The molecule has 0 atom stereocenters. The molecule has 1 aromatic heterocycles. The fourth-order valence-electron chi connectivity index (χ4n) is 1.51. The Morgan fingerprint density at radius 2 is 2.16 bits per heavy atom. The second-order valence-corrected chi connectivity index (χ2v) is 7.35. The first kappa shape index (κ1) is 14.4. The summed E-state index contributed by atoms with van der Waals surface area (Å²) in [6.45, 7) is 0.349. The van der Waals surface area contributed by atoms with Gasteiger partial charge in [-0.05, 0) is 30.5 Å². The second kappa shape index (κ2) is 5.96. The van der Waals surface area contributed by atoms with E-state index in [-0.39, 0.29) is 4.90 Å². The molecule has 1 aromatic carbocycles. The average Bonchev–Trinajstić information content (AvgIpc) is 2.88. The van der Waals surface area contributed by atoms with Gasteiger partial charge in [0.15, 0.2) is 0 Å². The summed E-state index contributed by atoms with van der Waals surface area (Å²) in [5.41, 5.74) is 6.05. The van der Waals surface area contributed by atoms with Crippen molar-refractivity contribution in [1.29, 1.82) is 0 Å². The van der Waals surface area contributed by atoms with Crippen molar-refractivity contribution >= 4 is 38.8 Å². The van der Waals surface area contributed by atoms with Crippen molar-refractivity contribution < 1.29 is 8.42 Å². The average molecular weight is 314 g/mol. The first-order chi connectivity index (χ1) is 9.05. The van der Waals surface area contributed by atoms with E-state index in [2.05, 4.69) is 4.72 Å². The van der Waals surface area contributed by atoms with Gasteiger partial charge in [-0.25, -0.2) is 8.42 Å². The molecule has 0 aliphatic rings. The van der Waals surface area contributed by atoms with Gasteiger partial charge in [0.1, 0.15) is 0 Å². The Labute approximate surface area is 121 Å². The maximum atomic E-state index is 12.2. The van der Waals surface area contributed by atoms with Crippen LogP contribution in [0.5, 0.6) is 0 Å². The third-order valence-corrected chi connectivity index (χ3v) is 5.66. The highest BCUT2D eigenvalue weighted by atomic mass is 32.2. The predicted molar refractivity (Wildman–Crippen MR) is 81.2 cm³/mol. The topological polar surface area (TPSA) is 72.2 Å². The van der Waals surface area contributed by atoms with Crippen LogP contribution < -0.4 is 10.5 Å². The SMILES string of the molecule is CSc1cccc(NS(=O)(=O)c2csc(CN)c2)c1. The quantitative estimate of drug-likeness (QED) is 0.832. The molecule has 0 aliphatic carbocycles. The Balaban J connectivity index is 2.25. The van der Waals surface area contributed by atoms with Gasteiger partial charge in [0.05, 0.1) is 4.90 Å². The number of hydrogen-bond acceptors (Lipinski definition) is 5. The Kier molecular flexibility index (Phi) is 4.51. The third kappa shape index (κ3) is 3.50. The van der Waals surface area contributed by atoms with E-state index < -0.39 is 10.0 Å². The fraction of sp³-hybridized carbons (Fsp3) is 0.167. The largest absolute Gasteiger partial charge is 0.326 e. The smallest absolute Gasteiger partial charge is 0.262 e. The van der Waals surface area contributed by atoms with E-state index in [4.69, 9.17) is 5.73 Å². The minimum atomic E-state index is -3.53. The van der Waals surface area contributed by atoms with Gasteiger partial charge in [0.2, 0.25) is 0 Å². The summed E-state index contributed by atoms with van der Waals surface area (Å²) in [5.74, 6) is 0. The van der Waals surface area contributed by atoms with Crippen molar-refractivity contribution in [3.63, 3.8) is 0 Å². The number of sulfonamides is 1. The molecule has 1 heterocycles. The number of benzene rings is 1. The van der Waals surface area contributed by atoms with E-state index in [1.807, 2.05) is 18.4 Å². The minimum Gasteiger partial charge on any atom is -0.326 e. The number of anilines is 1. The van der Waals surface area contributed by atoms with Gasteiger partial charge in [-0.1, -0.05) is 6.07 Å². The molecule has 0 spiro atoms. The van der Waals surface area contributed by atoms with Crippen LogP contribution in [-0.4, -0.2) is 14.7 Å². The van der Waals surface area contributed by atoms with Crippen LogP contribution in [0.3, 0.4) is 0 Å². The molecule has 2 rings (SSSR count). The maximum Gasteiger partial charge on any atom is 0.262 e. The van der Waals surface area contributed by atoms with E-state index in [9.17, 15) is 8.42 Å². The number of thiophene rings is 1. The molecule has 0 unspecified atom stereocenters. The Morgan fingerprint density at radius 1 is 1.37 bits per heavy atom. The molecule has 4 nitrogen and oxygen atoms in total. The molecule has 7 heteroatoms. The Bertz CT molecular complexity index is 665. The lowest BCUT2D eigenvalue weighted by atomic mass is 10.3. The van der Waals surface area contributed by atoms with Crippen LogP contribution in [0.1, 0.15) is 4.88 Å². The summed E-state index contributed by atoms with van der Waals surface area (Å²) in [4.78, 5) is 2.11. The fourth-order valence-corrected chi connectivity index (χ4v) is 4.17. The van der Waals surface area contributed by atoms with E-state index in [1.54, 1.807) is 35.3 Å². The van der Waals surface area contributed by atoms with Crippen LogP contribution in [0.25, 0.3) is 0 Å². The summed E-state index contributed by atoms with van der Waals surface area (Å²) < 4.78 is 26.9. The van der Waals surface area contributed by atoms with Gasteiger partial charge < -0.3 is 5.73 Å². The van der Waals surface area contributed by atoms with Crippen LogP contribution in [0.15, 0.2) is 45.5 Å². The highest BCUT2D eigenvalue weighted by Crippen LogP contribution is 2.24. The van der Waals surface area contributed by atoms with Crippen molar-refractivity contribution in [3.05, 3.63) is 40.6 Å². The van der Waals surface area contributed by atoms with Crippen molar-refractivity contribution in [3.8, 4) is 0 Å². The lowest BCUT2D eigenvalue weighted by Crippen LogP contribution is -2.12. The monoisotopic (exact) mass is 314 g/mol. The van der Waals surface area contributed by atoms with Gasteiger partial charge in [0, 0.05) is 27.4 Å². The zero-order valence-corrected chi connectivity index (χ0v) is 12.7. The lowest BCUT2D eigenvalue weighted by Gasteiger charge is -2.07. The Morgan fingerprint density at radius 3 is 2.79 bits per heavy atom. The van der Waals surface area contributed by atoms with Crippen LogP contribution in [0.4, 0.5) is 5.69 Å². The molecule has 19 heavy (non-hydrogen) atoms. The molecule has 0 bridgehead atoms. The Hall–Kier alpha value is -1.02. The number of nitrogens with two attached hydrogens (primary N) is 1. The van der Waals surface area contributed by atoms with Gasteiger partial charge in [-0.2, -0.15) is 0 Å². The summed E-state index contributed by atoms with van der Waals surface area (Å²) in [6, 6.07) is 8.89. The van der Waals surface area contributed by atoms with Crippen molar-refractivity contribution in [2.75, 3.05) is 11.0 Å². The molecule has 102 valence electrons. The highest BCUT2D eigenvalue weighted by Gasteiger charge is 2.16. The van der Waals surface area contributed by atoms with Gasteiger partial charge in [-0.15, -0.1) is 23.1 Å². The summed E-state index contributed by atoms with van der Waals surface area (Å²) in [7, 11) is -3.53. The zero-order chi connectivity index (χ0) is 13.9. The molecule has 0 saturated heterocycles. The van der Waals surface area contributed by atoms with Crippen LogP contribution >= 0.6 is 23.1 Å². The molecule has 3 N–H and O–H groups in total. The molecule has 0 saturated carbocycles. The van der Waals surface area contributed by atoms with Crippen LogP contribution in [-0.2, 0) is 16.6 Å². The highest BCUT2D eigenvalue weighted by molar-refractivity contribution is 7.98. The van der Waals surface area contributed by atoms with Gasteiger partial charge in [0.25, 0.3) is 10.0 Å². The van der Waals surface area contributed by atoms with Crippen molar-refractivity contribution in [1.82, 2.24) is 0 Å². The van der Waals surface area contributed by atoms with Crippen LogP contribution in [0, 0.1) is 0 Å². The molecule has 2 aromatic rings. The van der Waals surface area contributed by atoms with Gasteiger partial charge >= 0.3 is 0 Å². The maximum absolute atomic E-state index is 12.2. The molecular weight excluding hydrogens is 300 g/mol. The molecular formula is C12H14N2O2S3. The van der Waals surface area contributed by atoms with Crippen molar-refractivity contribution in [2.24, 2.45) is 5.73 Å². The molecule has 0 fully saturated rings. The van der Waals surface area contributed by atoms with E-state index >= 15 is 0 Å². The standard InChI is InChI=1S/C12H14N2O2S3/c1-17-10-4-2-3-9(5-10)14-19(15,16)12-6-11(7-13)18-8-12/h2-6,8,14H,7,13H2,1H3. The first-order valence-electron chi connectivity index (χ1n) is 5.49. The number of nitrogens with one attached hydrogen (secondary N) is 1. The minimum absolute atomic E-state index is 0.257. The normalized spacial score (nSPS) is 11.5. The van der Waals surface area contributed by atoms with Crippen molar-refractivity contribution in [2.45, 2.75) is 16.3 Å². The van der Waals surface area contributed by atoms with E-state index in [0.29, 0.717) is 12.2 Å². The molecule has 0 aliphatic heterocycles. The lowest BCUT2D eigenvalue weighted by molar-refractivity contribution is 0.601. The third-order valence-electron chi connectivity index (χ3n) is 2.46. The van der Waals surface area contributed by atoms with E-state index in [1.165, 1.54) is 11.3 Å². The second-order valence-electron chi connectivity index (χ2n) is 3.79. The first-order valence-corrected chi connectivity index (χ1v) is 9.08. The molecule has 0 radical (unpaired) electrons. The predicted octanol–water partition coefficient (Wildman–Crippen LogP) is 2.73.